The lowest BCUT2D eigenvalue weighted by molar-refractivity contribution is 0.287. The van der Waals surface area contributed by atoms with Gasteiger partial charge in [0, 0.05) is 6.54 Å². The highest BCUT2D eigenvalue weighted by atomic mass is 19.1. The van der Waals surface area contributed by atoms with Gasteiger partial charge in [0.1, 0.15) is 11.6 Å². The molecule has 0 atom stereocenters. The number of nitrogens with zero attached hydrogens (tertiary/aromatic N) is 2. The van der Waals surface area contributed by atoms with Crippen molar-refractivity contribution in [1.29, 1.82) is 5.26 Å². The summed E-state index contributed by atoms with van der Waals surface area (Å²) in [7, 11) is 1.92. The number of nitriles is 1. The molecular weight excluding hydrogens is 231 g/mol. The highest BCUT2D eigenvalue weighted by molar-refractivity contribution is 5.33. The second kappa shape index (κ2) is 5.48. The summed E-state index contributed by atoms with van der Waals surface area (Å²) in [6, 6.07) is 10.0. The standard InChI is InChI=1S/C14H13FN2O/c1-17(10-14-3-2-4-18-14)9-12-5-11(8-16)6-13(15)7-12/h2-7H,9-10H2,1H3. The summed E-state index contributed by atoms with van der Waals surface area (Å²) in [6.07, 6.45) is 1.62. The minimum atomic E-state index is -0.379. The Morgan fingerprint density at radius 2 is 2.17 bits per heavy atom. The number of rotatable bonds is 4. The third kappa shape index (κ3) is 3.19. The molecule has 0 amide bonds. The van der Waals surface area contributed by atoms with Crippen molar-refractivity contribution in [3.63, 3.8) is 0 Å². The Balaban J connectivity index is 2.05. The Hall–Kier alpha value is -2.12. The van der Waals surface area contributed by atoms with Gasteiger partial charge in [-0.2, -0.15) is 5.26 Å². The third-order valence-electron chi connectivity index (χ3n) is 2.55. The van der Waals surface area contributed by atoms with Crippen molar-refractivity contribution in [2.24, 2.45) is 0 Å². The van der Waals surface area contributed by atoms with Crippen LogP contribution in [0.4, 0.5) is 4.39 Å². The molecular formula is C14H13FN2O. The Labute approximate surface area is 105 Å². The molecule has 3 nitrogen and oxygen atoms in total. The van der Waals surface area contributed by atoms with Crippen LogP contribution in [0.15, 0.2) is 41.0 Å². The molecule has 1 aromatic carbocycles. The lowest BCUT2D eigenvalue weighted by Crippen LogP contribution is -2.17. The zero-order chi connectivity index (χ0) is 13.0. The number of hydrogen-bond donors (Lipinski definition) is 0. The van der Waals surface area contributed by atoms with Gasteiger partial charge in [-0.15, -0.1) is 0 Å². The molecule has 0 bridgehead atoms. The first-order valence-corrected chi connectivity index (χ1v) is 5.58. The Morgan fingerprint density at radius 3 is 2.83 bits per heavy atom. The minimum Gasteiger partial charge on any atom is -0.468 e. The first kappa shape index (κ1) is 12.3. The molecule has 0 unspecified atom stereocenters. The molecule has 0 aliphatic rings. The number of furan rings is 1. The summed E-state index contributed by atoms with van der Waals surface area (Å²) in [5, 5.41) is 8.78. The van der Waals surface area contributed by atoms with Crippen LogP contribution in [0.3, 0.4) is 0 Å². The summed E-state index contributed by atoms with van der Waals surface area (Å²) in [4.78, 5) is 1.99. The van der Waals surface area contributed by atoms with E-state index in [2.05, 4.69) is 0 Å². The fourth-order valence-corrected chi connectivity index (χ4v) is 1.84. The Morgan fingerprint density at radius 1 is 1.33 bits per heavy atom. The van der Waals surface area contributed by atoms with E-state index in [0.717, 1.165) is 11.3 Å². The van der Waals surface area contributed by atoms with Crippen LogP contribution in [0.25, 0.3) is 0 Å². The third-order valence-corrected chi connectivity index (χ3v) is 2.55. The van der Waals surface area contributed by atoms with Crippen molar-refractivity contribution < 1.29 is 8.81 Å². The van der Waals surface area contributed by atoms with E-state index in [0.29, 0.717) is 18.7 Å². The van der Waals surface area contributed by atoms with Crippen molar-refractivity contribution in [2.45, 2.75) is 13.1 Å². The van der Waals surface area contributed by atoms with Crippen LogP contribution < -0.4 is 0 Å². The number of hydrogen-bond acceptors (Lipinski definition) is 3. The molecule has 0 aliphatic carbocycles. The average molecular weight is 244 g/mol. The fourth-order valence-electron chi connectivity index (χ4n) is 1.84. The molecule has 18 heavy (non-hydrogen) atoms. The molecule has 0 fully saturated rings. The summed E-state index contributed by atoms with van der Waals surface area (Å²) >= 11 is 0. The second-order valence-electron chi connectivity index (χ2n) is 4.21. The van der Waals surface area contributed by atoms with E-state index in [1.807, 2.05) is 30.1 Å². The highest BCUT2D eigenvalue weighted by Gasteiger charge is 2.06. The van der Waals surface area contributed by atoms with Gasteiger partial charge in [-0.05, 0) is 42.9 Å². The van der Waals surface area contributed by atoms with Gasteiger partial charge in [0.15, 0.2) is 0 Å². The summed E-state index contributed by atoms with van der Waals surface area (Å²) < 4.78 is 18.5. The van der Waals surface area contributed by atoms with Crippen molar-refractivity contribution in [2.75, 3.05) is 7.05 Å². The van der Waals surface area contributed by atoms with Crippen LogP contribution in [-0.4, -0.2) is 11.9 Å². The summed E-state index contributed by atoms with van der Waals surface area (Å²) in [6.45, 7) is 1.21. The minimum absolute atomic E-state index is 0.344. The Kier molecular flexibility index (Phi) is 3.75. The van der Waals surface area contributed by atoms with E-state index < -0.39 is 0 Å². The van der Waals surface area contributed by atoms with Crippen LogP contribution in [0, 0.1) is 17.1 Å². The fraction of sp³-hybridized carbons (Fsp3) is 0.214. The zero-order valence-electron chi connectivity index (χ0n) is 10.1. The molecule has 0 N–H and O–H groups in total. The van der Waals surface area contributed by atoms with E-state index in [9.17, 15) is 4.39 Å². The van der Waals surface area contributed by atoms with Gasteiger partial charge in [0.05, 0.1) is 24.4 Å². The van der Waals surface area contributed by atoms with Gasteiger partial charge < -0.3 is 4.42 Å². The van der Waals surface area contributed by atoms with Gasteiger partial charge >= 0.3 is 0 Å². The lowest BCUT2D eigenvalue weighted by Gasteiger charge is -2.15. The largest absolute Gasteiger partial charge is 0.468 e. The molecule has 0 saturated heterocycles. The SMILES string of the molecule is CN(Cc1cc(F)cc(C#N)c1)Cc1ccco1. The molecule has 0 aliphatic heterocycles. The normalized spacial score (nSPS) is 10.6. The maximum Gasteiger partial charge on any atom is 0.124 e. The smallest absolute Gasteiger partial charge is 0.124 e. The quantitative estimate of drug-likeness (QED) is 0.830. The topological polar surface area (TPSA) is 40.2 Å². The molecule has 0 saturated carbocycles. The molecule has 92 valence electrons. The molecule has 0 spiro atoms. The van der Waals surface area contributed by atoms with Crippen LogP contribution in [0.5, 0.6) is 0 Å². The molecule has 1 heterocycles. The van der Waals surface area contributed by atoms with Gasteiger partial charge in [-0.1, -0.05) is 0 Å². The predicted molar refractivity (Wildman–Crippen MR) is 65.0 cm³/mol. The monoisotopic (exact) mass is 244 g/mol. The van der Waals surface area contributed by atoms with Crippen LogP contribution in [0.1, 0.15) is 16.9 Å². The molecule has 2 rings (SSSR count). The lowest BCUT2D eigenvalue weighted by atomic mass is 10.1. The van der Waals surface area contributed by atoms with Gasteiger partial charge in [0.2, 0.25) is 0 Å². The maximum atomic E-state index is 13.3. The molecule has 4 heteroatoms. The average Bonchev–Trinajstić information content (AvgIpc) is 2.80. The van der Waals surface area contributed by atoms with E-state index in [-0.39, 0.29) is 5.82 Å². The van der Waals surface area contributed by atoms with Gasteiger partial charge in [-0.3, -0.25) is 4.90 Å². The van der Waals surface area contributed by atoms with Crippen molar-refractivity contribution in [3.05, 3.63) is 59.3 Å². The highest BCUT2D eigenvalue weighted by Crippen LogP contribution is 2.12. The zero-order valence-corrected chi connectivity index (χ0v) is 10.1. The number of halogens is 1. The molecule has 0 radical (unpaired) electrons. The van der Waals surface area contributed by atoms with Crippen molar-refractivity contribution >= 4 is 0 Å². The van der Waals surface area contributed by atoms with Crippen LogP contribution >= 0.6 is 0 Å². The first-order valence-electron chi connectivity index (χ1n) is 5.58. The van der Waals surface area contributed by atoms with Crippen LogP contribution in [0.2, 0.25) is 0 Å². The van der Waals surface area contributed by atoms with E-state index in [1.54, 1.807) is 12.3 Å². The summed E-state index contributed by atoms with van der Waals surface area (Å²) in [5.74, 6) is 0.477. The maximum absolute atomic E-state index is 13.3. The van der Waals surface area contributed by atoms with E-state index in [4.69, 9.17) is 9.68 Å². The summed E-state index contributed by atoms with van der Waals surface area (Å²) in [5.41, 5.74) is 1.12. The van der Waals surface area contributed by atoms with E-state index in [1.165, 1.54) is 12.1 Å². The predicted octanol–water partition coefficient (Wildman–Crippen LogP) is 2.92. The van der Waals surface area contributed by atoms with Gasteiger partial charge in [0.25, 0.3) is 0 Å². The molecule has 1 aromatic heterocycles. The van der Waals surface area contributed by atoms with E-state index >= 15 is 0 Å². The second-order valence-corrected chi connectivity index (χ2v) is 4.21. The molecule has 2 aromatic rings. The van der Waals surface area contributed by atoms with Crippen LogP contribution in [-0.2, 0) is 13.1 Å². The first-order chi connectivity index (χ1) is 8.67. The number of benzene rings is 1. The van der Waals surface area contributed by atoms with Crippen molar-refractivity contribution in [1.82, 2.24) is 4.90 Å². The van der Waals surface area contributed by atoms with Crippen molar-refractivity contribution in [3.8, 4) is 6.07 Å². The Bertz CT molecular complexity index is 558. The van der Waals surface area contributed by atoms with Gasteiger partial charge in [-0.25, -0.2) is 4.39 Å².